The molecular formula is C11H13F4N. The molecule has 0 saturated heterocycles. The van der Waals surface area contributed by atoms with Crippen LogP contribution >= 0.6 is 0 Å². The lowest BCUT2D eigenvalue weighted by atomic mass is 10.0. The van der Waals surface area contributed by atoms with Crippen molar-refractivity contribution in [1.29, 1.82) is 0 Å². The van der Waals surface area contributed by atoms with Crippen LogP contribution < -0.4 is 5.32 Å². The smallest absolute Gasteiger partial charge is 0.313 e. The molecule has 16 heavy (non-hydrogen) atoms. The summed E-state index contributed by atoms with van der Waals surface area (Å²) in [6, 6.07) is 2.90. The molecule has 0 radical (unpaired) electrons. The first kappa shape index (κ1) is 13.0. The fourth-order valence-corrected chi connectivity index (χ4v) is 1.58. The van der Waals surface area contributed by atoms with Gasteiger partial charge in [0.05, 0.1) is 5.56 Å². The molecule has 0 saturated carbocycles. The van der Waals surface area contributed by atoms with Crippen LogP contribution in [0.4, 0.5) is 17.6 Å². The number of benzene rings is 1. The van der Waals surface area contributed by atoms with E-state index in [4.69, 9.17) is 0 Å². The molecule has 1 N–H and O–H groups in total. The van der Waals surface area contributed by atoms with E-state index in [0.717, 1.165) is 12.1 Å². The molecule has 0 fully saturated rings. The number of hydrogen-bond acceptors (Lipinski definition) is 1. The van der Waals surface area contributed by atoms with Crippen LogP contribution in [0.1, 0.15) is 30.5 Å². The Morgan fingerprint density at radius 1 is 1.31 bits per heavy atom. The maximum Gasteiger partial charge on any atom is 0.419 e. The van der Waals surface area contributed by atoms with E-state index >= 15 is 0 Å². The minimum absolute atomic E-state index is 0.193. The number of nitrogens with one attached hydrogen (secondary N) is 1. The summed E-state index contributed by atoms with van der Waals surface area (Å²) >= 11 is 0. The first-order valence-corrected chi connectivity index (χ1v) is 4.94. The zero-order chi connectivity index (χ0) is 12.3. The highest BCUT2D eigenvalue weighted by molar-refractivity contribution is 5.29. The first-order chi connectivity index (χ1) is 7.40. The molecule has 0 aliphatic rings. The molecule has 1 aromatic carbocycles. The summed E-state index contributed by atoms with van der Waals surface area (Å²) in [4.78, 5) is 0. The normalized spacial score (nSPS) is 13.9. The number of halogens is 4. The lowest BCUT2D eigenvalue weighted by molar-refractivity contribution is -0.140. The molecule has 0 spiro atoms. The van der Waals surface area contributed by atoms with E-state index in [9.17, 15) is 17.6 Å². The van der Waals surface area contributed by atoms with Gasteiger partial charge in [-0.15, -0.1) is 0 Å². The Hall–Kier alpha value is -1.10. The largest absolute Gasteiger partial charge is 0.419 e. The van der Waals surface area contributed by atoms with E-state index < -0.39 is 17.6 Å². The van der Waals surface area contributed by atoms with Crippen LogP contribution in [0.25, 0.3) is 0 Å². The highest BCUT2D eigenvalue weighted by atomic mass is 19.4. The van der Waals surface area contributed by atoms with E-state index in [1.165, 1.54) is 6.07 Å². The minimum atomic E-state index is -4.65. The Morgan fingerprint density at radius 3 is 2.38 bits per heavy atom. The van der Waals surface area contributed by atoms with Crippen LogP contribution in [-0.2, 0) is 6.18 Å². The number of rotatable bonds is 3. The summed E-state index contributed by atoms with van der Waals surface area (Å²) in [5, 5.41) is 2.88. The number of alkyl halides is 3. The fraction of sp³-hybridized carbons (Fsp3) is 0.455. The van der Waals surface area contributed by atoms with E-state index in [2.05, 4.69) is 5.32 Å². The molecule has 0 aliphatic carbocycles. The maximum atomic E-state index is 13.0. The van der Waals surface area contributed by atoms with Crippen molar-refractivity contribution in [2.75, 3.05) is 7.05 Å². The van der Waals surface area contributed by atoms with Crippen molar-refractivity contribution < 1.29 is 17.6 Å². The molecule has 1 aromatic rings. The Labute approximate surface area is 91.5 Å². The quantitative estimate of drug-likeness (QED) is 0.790. The molecular weight excluding hydrogens is 222 g/mol. The molecule has 0 heterocycles. The maximum absolute atomic E-state index is 13.0. The molecule has 1 nitrogen and oxygen atoms in total. The lowest BCUT2D eigenvalue weighted by Gasteiger charge is -2.16. The topological polar surface area (TPSA) is 12.0 Å². The second-order valence-corrected chi connectivity index (χ2v) is 3.49. The van der Waals surface area contributed by atoms with Crippen LogP contribution in [0, 0.1) is 5.82 Å². The van der Waals surface area contributed by atoms with Crippen molar-refractivity contribution in [1.82, 2.24) is 5.32 Å². The van der Waals surface area contributed by atoms with Crippen LogP contribution in [0.15, 0.2) is 18.2 Å². The van der Waals surface area contributed by atoms with Gasteiger partial charge >= 0.3 is 6.18 Å². The Morgan fingerprint density at radius 2 is 1.94 bits per heavy atom. The lowest BCUT2D eigenvalue weighted by Crippen LogP contribution is -2.17. The van der Waals surface area contributed by atoms with Gasteiger partial charge in [-0.2, -0.15) is 13.2 Å². The summed E-state index contributed by atoms with van der Waals surface area (Å²) in [6.07, 6.45) is -4.01. The zero-order valence-electron chi connectivity index (χ0n) is 9.03. The standard InChI is InChI=1S/C11H13F4N/c1-3-10(16-2)7-4-5-9(12)8(6-7)11(13,14)15/h4-6,10,16H,3H2,1-2H3. The average molecular weight is 235 g/mol. The van der Waals surface area contributed by atoms with E-state index in [1.807, 2.05) is 6.92 Å². The van der Waals surface area contributed by atoms with Crippen LogP contribution in [0.2, 0.25) is 0 Å². The van der Waals surface area contributed by atoms with Crippen molar-refractivity contribution in [2.24, 2.45) is 0 Å². The van der Waals surface area contributed by atoms with Crippen LogP contribution in [-0.4, -0.2) is 7.05 Å². The first-order valence-electron chi connectivity index (χ1n) is 4.94. The van der Waals surface area contributed by atoms with Gasteiger partial charge in [0.1, 0.15) is 5.82 Å². The van der Waals surface area contributed by atoms with Crippen molar-refractivity contribution in [2.45, 2.75) is 25.6 Å². The second-order valence-electron chi connectivity index (χ2n) is 3.49. The molecule has 90 valence electrons. The Balaban J connectivity index is 3.17. The third-order valence-electron chi connectivity index (χ3n) is 2.45. The third kappa shape index (κ3) is 2.72. The van der Waals surface area contributed by atoms with Crippen LogP contribution in [0.5, 0.6) is 0 Å². The van der Waals surface area contributed by atoms with E-state index in [-0.39, 0.29) is 6.04 Å². The summed E-state index contributed by atoms with van der Waals surface area (Å²) in [5.41, 5.74) is -0.766. The predicted octanol–water partition coefficient (Wildman–Crippen LogP) is 3.52. The minimum Gasteiger partial charge on any atom is -0.313 e. The zero-order valence-corrected chi connectivity index (χ0v) is 9.03. The predicted molar refractivity (Wildman–Crippen MR) is 53.5 cm³/mol. The molecule has 0 amide bonds. The molecule has 1 rings (SSSR count). The third-order valence-corrected chi connectivity index (χ3v) is 2.45. The van der Waals surface area contributed by atoms with Gasteiger partial charge < -0.3 is 5.32 Å². The average Bonchev–Trinajstić information content (AvgIpc) is 2.20. The van der Waals surface area contributed by atoms with Gasteiger partial charge in [0.15, 0.2) is 0 Å². The highest BCUT2D eigenvalue weighted by Crippen LogP contribution is 2.33. The van der Waals surface area contributed by atoms with Gasteiger partial charge in [-0.1, -0.05) is 13.0 Å². The Kier molecular flexibility index (Phi) is 3.91. The monoisotopic (exact) mass is 235 g/mol. The SMILES string of the molecule is CCC(NC)c1ccc(F)c(C(F)(F)F)c1. The summed E-state index contributed by atoms with van der Waals surface area (Å²) in [5.74, 6) is -1.23. The summed E-state index contributed by atoms with van der Waals surface area (Å²) < 4.78 is 50.3. The van der Waals surface area contributed by atoms with Crippen molar-refractivity contribution >= 4 is 0 Å². The van der Waals surface area contributed by atoms with Gasteiger partial charge in [0, 0.05) is 6.04 Å². The molecule has 0 aliphatic heterocycles. The van der Waals surface area contributed by atoms with Crippen molar-refractivity contribution in [3.63, 3.8) is 0 Å². The molecule has 1 atom stereocenters. The van der Waals surface area contributed by atoms with Gasteiger partial charge in [-0.25, -0.2) is 4.39 Å². The summed E-state index contributed by atoms with van der Waals surface area (Å²) in [7, 11) is 1.66. The van der Waals surface area contributed by atoms with Crippen molar-refractivity contribution in [3.05, 3.63) is 35.1 Å². The van der Waals surface area contributed by atoms with Gasteiger partial charge in [-0.3, -0.25) is 0 Å². The van der Waals surface area contributed by atoms with Gasteiger partial charge in [0.25, 0.3) is 0 Å². The fourth-order valence-electron chi connectivity index (χ4n) is 1.58. The van der Waals surface area contributed by atoms with Gasteiger partial charge in [0.2, 0.25) is 0 Å². The molecule has 0 bridgehead atoms. The molecule has 5 heteroatoms. The highest BCUT2D eigenvalue weighted by Gasteiger charge is 2.34. The van der Waals surface area contributed by atoms with Crippen molar-refractivity contribution in [3.8, 4) is 0 Å². The second kappa shape index (κ2) is 4.82. The van der Waals surface area contributed by atoms with Crippen LogP contribution in [0.3, 0.4) is 0 Å². The Bertz CT molecular complexity index is 355. The van der Waals surface area contributed by atoms with E-state index in [0.29, 0.717) is 12.0 Å². The number of hydrogen-bond donors (Lipinski definition) is 1. The molecule has 1 unspecified atom stereocenters. The summed E-state index contributed by atoms with van der Waals surface area (Å²) in [6.45, 7) is 1.85. The van der Waals surface area contributed by atoms with E-state index in [1.54, 1.807) is 7.05 Å². The molecule has 0 aromatic heterocycles. The van der Waals surface area contributed by atoms with Gasteiger partial charge in [-0.05, 0) is 31.2 Å².